The van der Waals surface area contributed by atoms with Gasteiger partial charge in [0.2, 0.25) is 0 Å². The highest BCUT2D eigenvalue weighted by molar-refractivity contribution is 5.05. The molecule has 1 aromatic rings. The predicted molar refractivity (Wildman–Crippen MR) is 31.1 cm³/mol. The molecule has 1 radical (unpaired) electrons. The van der Waals surface area contributed by atoms with E-state index in [0.29, 0.717) is 5.92 Å². The maximum atomic E-state index is 5.10. The molecule has 0 unspecified atom stereocenters. The highest BCUT2D eigenvalue weighted by Gasteiger charge is 2.22. The lowest BCUT2D eigenvalue weighted by molar-refractivity contribution is -0.000247. The molecule has 1 aliphatic heterocycles. The van der Waals surface area contributed by atoms with Crippen molar-refractivity contribution >= 4 is 0 Å². The summed E-state index contributed by atoms with van der Waals surface area (Å²) < 4.78 is 10.1. The van der Waals surface area contributed by atoms with Gasteiger partial charge in [0.1, 0.15) is 5.76 Å². The van der Waals surface area contributed by atoms with Crippen LogP contribution in [0.15, 0.2) is 16.7 Å². The highest BCUT2D eigenvalue weighted by Crippen LogP contribution is 2.22. The van der Waals surface area contributed by atoms with E-state index < -0.39 is 0 Å². The van der Waals surface area contributed by atoms with Gasteiger partial charge < -0.3 is 9.15 Å². The van der Waals surface area contributed by atoms with Crippen molar-refractivity contribution in [2.45, 2.75) is 5.92 Å². The average Bonchev–Trinajstić information content (AvgIpc) is 2.11. The molecule has 2 heteroatoms. The lowest BCUT2D eigenvalue weighted by Crippen LogP contribution is -2.24. The van der Waals surface area contributed by atoms with Crippen molar-refractivity contribution in [3.8, 4) is 0 Å². The van der Waals surface area contributed by atoms with Crippen LogP contribution in [0, 0.1) is 6.07 Å². The molecule has 1 aromatic heterocycles. The standard InChI is InChI=1S/C7H7O2/c1-2-7(9-3-1)6-4-8-5-6/h1,3,6H,4-5H2. The van der Waals surface area contributed by atoms with Gasteiger partial charge in [0.15, 0.2) is 0 Å². The summed E-state index contributed by atoms with van der Waals surface area (Å²) in [4.78, 5) is 0. The minimum Gasteiger partial charge on any atom is -0.468 e. The number of furan rings is 1. The smallest absolute Gasteiger partial charge is 0.119 e. The molecular weight excluding hydrogens is 116 g/mol. The van der Waals surface area contributed by atoms with Gasteiger partial charge >= 0.3 is 0 Å². The monoisotopic (exact) mass is 123 g/mol. The third-order valence-electron chi connectivity index (χ3n) is 1.50. The third-order valence-corrected chi connectivity index (χ3v) is 1.50. The maximum absolute atomic E-state index is 5.10. The van der Waals surface area contributed by atoms with E-state index in [0.717, 1.165) is 19.0 Å². The molecule has 1 saturated heterocycles. The van der Waals surface area contributed by atoms with Crippen molar-refractivity contribution in [1.82, 2.24) is 0 Å². The second-order valence-corrected chi connectivity index (χ2v) is 2.16. The van der Waals surface area contributed by atoms with Gasteiger partial charge in [-0.05, 0) is 6.07 Å². The lowest BCUT2D eigenvalue weighted by Gasteiger charge is -2.23. The Morgan fingerprint density at radius 2 is 2.44 bits per heavy atom. The van der Waals surface area contributed by atoms with E-state index in [1.807, 2.05) is 0 Å². The first-order valence-corrected chi connectivity index (χ1v) is 2.99. The molecule has 1 aliphatic rings. The summed E-state index contributed by atoms with van der Waals surface area (Å²) in [5, 5.41) is 0. The van der Waals surface area contributed by atoms with E-state index in [2.05, 4.69) is 6.07 Å². The molecule has 2 heterocycles. The average molecular weight is 123 g/mol. The minimum atomic E-state index is 0.472. The van der Waals surface area contributed by atoms with E-state index in [4.69, 9.17) is 9.15 Å². The summed E-state index contributed by atoms with van der Waals surface area (Å²) in [6.07, 6.45) is 1.65. The Bertz CT molecular complexity index is 175. The second kappa shape index (κ2) is 1.88. The first-order valence-electron chi connectivity index (χ1n) is 2.99. The Balaban J connectivity index is 2.14. The minimum absolute atomic E-state index is 0.472. The number of ether oxygens (including phenoxy) is 1. The molecule has 9 heavy (non-hydrogen) atoms. The van der Waals surface area contributed by atoms with Gasteiger partial charge in [-0.1, -0.05) is 0 Å². The van der Waals surface area contributed by atoms with Gasteiger partial charge in [-0.15, -0.1) is 0 Å². The summed E-state index contributed by atoms with van der Waals surface area (Å²) in [6, 6.07) is 4.78. The van der Waals surface area contributed by atoms with Crippen LogP contribution in [-0.4, -0.2) is 13.2 Å². The molecule has 0 aliphatic carbocycles. The number of hydrogen-bond donors (Lipinski definition) is 0. The number of hydrogen-bond acceptors (Lipinski definition) is 2. The molecule has 0 saturated carbocycles. The summed E-state index contributed by atoms with van der Waals surface area (Å²) in [5.41, 5.74) is 0. The summed E-state index contributed by atoms with van der Waals surface area (Å²) >= 11 is 0. The van der Waals surface area contributed by atoms with E-state index in [1.165, 1.54) is 0 Å². The fourth-order valence-electron chi connectivity index (χ4n) is 0.859. The van der Waals surface area contributed by atoms with Gasteiger partial charge in [0.25, 0.3) is 0 Å². The van der Waals surface area contributed by atoms with E-state index in [-0.39, 0.29) is 0 Å². The number of rotatable bonds is 1. The van der Waals surface area contributed by atoms with E-state index in [9.17, 15) is 0 Å². The van der Waals surface area contributed by atoms with Gasteiger partial charge in [0.05, 0.1) is 25.4 Å². The van der Waals surface area contributed by atoms with Crippen molar-refractivity contribution in [3.05, 3.63) is 24.2 Å². The first kappa shape index (κ1) is 5.06. The predicted octanol–water partition coefficient (Wildman–Crippen LogP) is 1.19. The van der Waals surface area contributed by atoms with Crippen LogP contribution in [0.5, 0.6) is 0 Å². The molecule has 47 valence electrons. The molecule has 0 N–H and O–H groups in total. The summed E-state index contributed by atoms with van der Waals surface area (Å²) in [6.45, 7) is 1.59. The van der Waals surface area contributed by atoms with Crippen LogP contribution in [0.1, 0.15) is 11.7 Å². The van der Waals surface area contributed by atoms with Crippen LogP contribution in [0.2, 0.25) is 0 Å². The van der Waals surface area contributed by atoms with Gasteiger partial charge in [-0.2, -0.15) is 0 Å². The summed E-state index contributed by atoms with van der Waals surface area (Å²) in [5.74, 6) is 1.40. The van der Waals surface area contributed by atoms with E-state index in [1.54, 1.807) is 12.3 Å². The zero-order valence-corrected chi connectivity index (χ0v) is 4.96. The maximum Gasteiger partial charge on any atom is 0.119 e. The molecule has 0 atom stereocenters. The van der Waals surface area contributed by atoms with Gasteiger partial charge in [-0.3, -0.25) is 0 Å². The SMILES string of the molecule is [c]1ccoc1C1COC1. The van der Waals surface area contributed by atoms with Crippen molar-refractivity contribution < 1.29 is 9.15 Å². The Morgan fingerprint density at radius 1 is 1.56 bits per heavy atom. The topological polar surface area (TPSA) is 22.4 Å². The molecule has 0 amide bonds. The Hall–Kier alpha value is -0.760. The Morgan fingerprint density at radius 3 is 2.89 bits per heavy atom. The zero-order valence-electron chi connectivity index (χ0n) is 4.96. The van der Waals surface area contributed by atoms with Crippen LogP contribution in [0.4, 0.5) is 0 Å². The highest BCUT2D eigenvalue weighted by atomic mass is 16.5. The second-order valence-electron chi connectivity index (χ2n) is 2.16. The zero-order chi connectivity index (χ0) is 6.10. The van der Waals surface area contributed by atoms with Crippen molar-refractivity contribution in [3.63, 3.8) is 0 Å². The van der Waals surface area contributed by atoms with Crippen LogP contribution < -0.4 is 0 Å². The Labute approximate surface area is 53.4 Å². The fourth-order valence-corrected chi connectivity index (χ4v) is 0.859. The summed E-state index contributed by atoms with van der Waals surface area (Å²) in [7, 11) is 0. The fraction of sp³-hybridized carbons (Fsp3) is 0.429. The van der Waals surface area contributed by atoms with Crippen LogP contribution in [-0.2, 0) is 4.74 Å². The van der Waals surface area contributed by atoms with E-state index >= 15 is 0 Å². The largest absolute Gasteiger partial charge is 0.468 e. The van der Waals surface area contributed by atoms with Crippen LogP contribution in [0.3, 0.4) is 0 Å². The molecule has 2 rings (SSSR count). The quantitative estimate of drug-likeness (QED) is 0.559. The van der Waals surface area contributed by atoms with Crippen molar-refractivity contribution in [2.75, 3.05) is 13.2 Å². The van der Waals surface area contributed by atoms with Crippen LogP contribution in [0.25, 0.3) is 0 Å². The van der Waals surface area contributed by atoms with Gasteiger partial charge in [-0.25, -0.2) is 0 Å². The van der Waals surface area contributed by atoms with Crippen LogP contribution >= 0.6 is 0 Å². The normalized spacial score (nSPS) is 19.6. The molecule has 0 aromatic carbocycles. The lowest BCUT2D eigenvalue weighted by atomic mass is 10.1. The molecular formula is C7H7O2. The first-order chi connectivity index (χ1) is 4.47. The molecule has 0 spiro atoms. The Kier molecular flexibility index (Phi) is 1.06. The molecule has 0 bridgehead atoms. The van der Waals surface area contributed by atoms with Gasteiger partial charge in [0, 0.05) is 6.07 Å². The van der Waals surface area contributed by atoms with Crippen molar-refractivity contribution in [1.29, 1.82) is 0 Å². The molecule has 1 fully saturated rings. The van der Waals surface area contributed by atoms with Crippen molar-refractivity contribution in [2.24, 2.45) is 0 Å². The molecule has 2 nitrogen and oxygen atoms in total. The third kappa shape index (κ3) is 0.754.